The lowest BCUT2D eigenvalue weighted by Gasteiger charge is -2.25. The van der Waals surface area contributed by atoms with E-state index in [4.69, 9.17) is 5.26 Å². The van der Waals surface area contributed by atoms with Crippen molar-refractivity contribution in [1.29, 1.82) is 5.26 Å². The fraction of sp³-hybridized carbons (Fsp3) is 0.429. The molecule has 1 aliphatic rings. The van der Waals surface area contributed by atoms with Crippen LogP contribution in [0.15, 0.2) is 18.2 Å². The van der Waals surface area contributed by atoms with Gasteiger partial charge in [-0.3, -0.25) is 4.79 Å². The van der Waals surface area contributed by atoms with E-state index in [0.29, 0.717) is 12.1 Å². The van der Waals surface area contributed by atoms with E-state index < -0.39 is 6.10 Å². The summed E-state index contributed by atoms with van der Waals surface area (Å²) >= 11 is 0. The summed E-state index contributed by atoms with van der Waals surface area (Å²) in [6.45, 7) is 3.34. The first-order valence-corrected chi connectivity index (χ1v) is 6.35. The molecule has 5 nitrogen and oxygen atoms in total. The topological polar surface area (TPSA) is 76.4 Å². The van der Waals surface area contributed by atoms with Crippen molar-refractivity contribution in [2.24, 2.45) is 0 Å². The van der Waals surface area contributed by atoms with E-state index in [2.05, 4.69) is 11.4 Å². The van der Waals surface area contributed by atoms with E-state index in [1.54, 1.807) is 25.1 Å². The maximum Gasteiger partial charge on any atom is 0.239 e. The van der Waals surface area contributed by atoms with Crippen LogP contribution in [0.2, 0.25) is 0 Å². The molecule has 0 aliphatic carbocycles. The summed E-state index contributed by atoms with van der Waals surface area (Å²) in [7, 11) is 0. The Morgan fingerprint density at radius 2 is 2.32 bits per heavy atom. The molecule has 0 bridgehead atoms. The summed E-state index contributed by atoms with van der Waals surface area (Å²) in [4.78, 5) is 13.5. The highest BCUT2D eigenvalue weighted by molar-refractivity contribution is 5.82. The Hall–Kier alpha value is -2.06. The highest BCUT2D eigenvalue weighted by Crippen LogP contribution is 2.28. The van der Waals surface area contributed by atoms with E-state index in [-0.39, 0.29) is 12.5 Å². The molecule has 5 heteroatoms. The van der Waals surface area contributed by atoms with Gasteiger partial charge in [0.2, 0.25) is 5.91 Å². The van der Waals surface area contributed by atoms with E-state index in [1.807, 2.05) is 4.90 Å². The van der Waals surface area contributed by atoms with Gasteiger partial charge in [0.1, 0.15) is 0 Å². The second-order valence-corrected chi connectivity index (χ2v) is 4.69. The van der Waals surface area contributed by atoms with Crippen LogP contribution in [0.4, 0.5) is 5.69 Å². The van der Waals surface area contributed by atoms with E-state index >= 15 is 0 Å². The van der Waals surface area contributed by atoms with E-state index in [1.165, 1.54) is 0 Å². The van der Waals surface area contributed by atoms with Gasteiger partial charge in [0.05, 0.1) is 24.3 Å². The summed E-state index contributed by atoms with van der Waals surface area (Å²) in [5.41, 5.74) is 2.05. The van der Waals surface area contributed by atoms with Crippen molar-refractivity contribution in [3.63, 3.8) is 0 Å². The van der Waals surface area contributed by atoms with Crippen LogP contribution in [0.1, 0.15) is 30.6 Å². The number of nitrogens with zero attached hydrogens (tertiary/aromatic N) is 2. The number of nitriles is 1. The maximum absolute atomic E-state index is 11.6. The lowest BCUT2D eigenvalue weighted by Crippen LogP contribution is -2.33. The Morgan fingerprint density at radius 1 is 1.53 bits per heavy atom. The molecule has 1 atom stereocenters. The third kappa shape index (κ3) is 3.04. The fourth-order valence-electron chi connectivity index (χ4n) is 2.25. The highest BCUT2D eigenvalue weighted by atomic mass is 16.3. The van der Waals surface area contributed by atoms with Gasteiger partial charge in [-0.1, -0.05) is 6.07 Å². The molecule has 100 valence electrons. The second kappa shape index (κ2) is 5.72. The van der Waals surface area contributed by atoms with Gasteiger partial charge in [0, 0.05) is 24.3 Å². The predicted molar refractivity (Wildman–Crippen MR) is 71.6 cm³/mol. The normalized spacial score (nSPS) is 17.3. The van der Waals surface area contributed by atoms with Crippen LogP contribution in [0.5, 0.6) is 0 Å². The SMILES string of the molecule is CC(O)c1ccc(C#N)cc1N1CCCNC(=O)C1. The summed E-state index contributed by atoms with van der Waals surface area (Å²) in [5.74, 6) is -0.0311. The zero-order valence-corrected chi connectivity index (χ0v) is 10.9. The lowest BCUT2D eigenvalue weighted by molar-refractivity contribution is -0.119. The van der Waals surface area contributed by atoms with Crippen molar-refractivity contribution in [2.45, 2.75) is 19.4 Å². The first-order valence-electron chi connectivity index (χ1n) is 6.35. The molecule has 1 aliphatic heterocycles. The first kappa shape index (κ1) is 13.4. The molecule has 2 N–H and O–H groups in total. The molecule has 0 saturated carbocycles. The number of rotatable bonds is 2. The Balaban J connectivity index is 2.40. The van der Waals surface area contributed by atoms with Gasteiger partial charge in [-0.05, 0) is 25.5 Å². The van der Waals surface area contributed by atoms with Crippen LogP contribution in [0.3, 0.4) is 0 Å². The molecular formula is C14H17N3O2. The highest BCUT2D eigenvalue weighted by Gasteiger charge is 2.19. The van der Waals surface area contributed by atoms with Crippen molar-refractivity contribution in [3.05, 3.63) is 29.3 Å². The molecule has 1 aromatic carbocycles. The number of amides is 1. The number of aliphatic hydroxyl groups is 1. The number of carbonyl (C=O) groups excluding carboxylic acids is 1. The zero-order chi connectivity index (χ0) is 13.8. The molecule has 1 unspecified atom stereocenters. The Kier molecular flexibility index (Phi) is 4.03. The Labute approximate surface area is 112 Å². The van der Waals surface area contributed by atoms with Crippen LogP contribution in [-0.4, -0.2) is 30.6 Å². The maximum atomic E-state index is 11.6. The fourth-order valence-corrected chi connectivity index (χ4v) is 2.25. The summed E-state index contributed by atoms with van der Waals surface area (Å²) in [5, 5.41) is 21.6. The molecular weight excluding hydrogens is 242 g/mol. The lowest BCUT2D eigenvalue weighted by atomic mass is 10.0. The average molecular weight is 259 g/mol. The second-order valence-electron chi connectivity index (χ2n) is 4.69. The molecule has 0 aromatic heterocycles. The minimum absolute atomic E-state index is 0.0311. The number of aliphatic hydroxyl groups excluding tert-OH is 1. The quantitative estimate of drug-likeness (QED) is 0.828. The Morgan fingerprint density at radius 3 is 3.00 bits per heavy atom. The van der Waals surface area contributed by atoms with Gasteiger partial charge >= 0.3 is 0 Å². The summed E-state index contributed by atoms with van der Waals surface area (Å²) < 4.78 is 0. The van der Waals surface area contributed by atoms with Crippen LogP contribution in [-0.2, 0) is 4.79 Å². The largest absolute Gasteiger partial charge is 0.389 e. The number of hydrogen-bond donors (Lipinski definition) is 2. The van der Waals surface area contributed by atoms with Gasteiger partial charge in [-0.15, -0.1) is 0 Å². The number of carbonyl (C=O) groups is 1. The van der Waals surface area contributed by atoms with Crippen molar-refractivity contribution in [3.8, 4) is 6.07 Å². The van der Waals surface area contributed by atoms with Crippen LogP contribution in [0, 0.1) is 11.3 Å². The monoisotopic (exact) mass is 259 g/mol. The molecule has 1 heterocycles. The summed E-state index contributed by atoms with van der Waals surface area (Å²) in [6, 6.07) is 7.26. The van der Waals surface area contributed by atoms with Gasteiger partial charge in [-0.2, -0.15) is 5.26 Å². The zero-order valence-electron chi connectivity index (χ0n) is 10.9. The minimum atomic E-state index is -0.631. The van der Waals surface area contributed by atoms with Crippen LogP contribution < -0.4 is 10.2 Å². The molecule has 19 heavy (non-hydrogen) atoms. The Bertz CT molecular complexity index is 520. The third-order valence-corrected chi connectivity index (χ3v) is 3.21. The molecule has 1 fully saturated rings. The molecule has 0 spiro atoms. The molecule has 1 amide bonds. The molecule has 0 radical (unpaired) electrons. The number of benzene rings is 1. The number of hydrogen-bond acceptors (Lipinski definition) is 4. The van der Waals surface area contributed by atoms with Crippen molar-refractivity contribution in [1.82, 2.24) is 5.32 Å². The third-order valence-electron chi connectivity index (χ3n) is 3.21. The molecule has 1 aromatic rings. The van der Waals surface area contributed by atoms with E-state index in [0.717, 1.165) is 24.2 Å². The smallest absolute Gasteiger partial charge is 0.239 e. The molecule has 2 rings (SSSR count). The number of anilines is 1. The van der Waals surface area contributed by atoms with Crippen LogP contribution >= 0.6 is 0 Å². The van der Waals surface area contributed by atoms with Crippen molar-refractivity contribution in [2.75, 3.05) is 24.5 Å². The average Bonchev–Trinajstić information content (AvgIpc) is 2.62. The predicted octanol–water partition coefficient (Wildman–Crippen LogP) is 0.938. The molecule has 1 saturated heterocycles. The standard InChI is InChI=1S/C14H17N3O2/c1-10(18)12-4-3-11(8-15)7-13(12)17-6-2-5-16-14(19)9-17/h3-4,7,10,18H,2,5-6,9H2,1H3,(H,16,19). The van der Waals surface area contributed by atoms with Gasteiger partial charge in [0.15, 0.2) is 0 Å². The van der Waals surface area contributed by atoms with Crippen molar-refractivity contribution < 1.29 is 9.90 Å². The first-order chi connectivity index (χ1) is 9.11. The number of nitrogens with one attached hydrogen (secondary N) is 1. The van der Waals surface area contributed by atoms with Gasteiger partial charge in [-0.25, -0.2) is 0 Å². The van der Waals surface area contributed by atoms with Gasteiger partial charge in [0.25, 0.3) is 0 Å². The van der Waals surface area contributed by atoms with E-state index in [9.17, 15) is 9.90 Å². The van der Waals surface area contributed by atoms with Crippen LogP contribution in [0.25, 0.3) is 0 Å². The summed E-state index contributed by atoms with van der Waals surface area (Å²) in [6.07, 6.45) is 0.218. The van der Waals surface area contributed by atoms with Gasteiger partial charge < -0.3 is 15.3 Å². The minimum Gasteiger partial charge on any atom is -0.389 e. The van der Waals surface area contributed by atoms with Crippen molar-refractivity contribution >= 4 is 11.6 Å².